The summed E-state index contributed by atoms with van der Waals surface area (Å²) in [5.74, 6) is 0.168. The van der Waals surface area contributed by atoms with Crippen LogP contribution in [-0.2, 0) is 9.53 Å². The van der Waals surface area contributed by atoms with Crippen molar-refractivity contribution >= 4 is 67.9 Å². The van der Waals surface area contributed by atoms with Crippen LogP contribution in [0, 0.1) is 6.92 Å². The second-order valence-electron chi connectivity index (χ2n) is 9.85. The minimum atomic E-state index is -0.502. The summed E-state index contributed by atoms with van der Waals surface area (Å²) < 4.78 is 16.3. The fourth-order valence-electron chi connectivity index (χ4n) is 5.22. The smallest absolute Gasteiger partial charge is 0.415 e. The molecule has 1 aromatic carbocycles. The van der Waals surface area contributed by atoms with Gasteiger partial charge in [-0.3, -0.25) is 4.79 Å². The molecule has 2 amide bonds. The highest BCUT2D eigenvalue weighted by atomic mass is 79.9. The molecule has 0 spiro atoms. The van der Waals surface area contributed by atoms with Crippen LogP contribution < -0.4 is 14.4 Å². The molecule has 3 aromatic rings. The molecule has 40 heavy (non-hydrogen) atoms. The quantitative estimate of drug-likeness (QED) is 0.241. The zero-order valence-corrected chi connectivity index (χ0v) is 25.2. The third kappa shape index (κ3) is 5.23. The number of nitrogens with zero attached hydrogens (tertiary/aromatic N) is 3. The monoisotopic (exact) mass is 630 g/mol. The van der Waals surface area contributed by atoms with Crippen LogP contribution in [0.1, 0.15) is 32.4 Å². The van der Waals surface area contributed by atoms with E-state index in [0.29, 0.717) is 52.8 Å². The van der Waals surface area contributed by atoms with Crippen molar-refractivity contribution in [3.63, 3.8) is 0 Å². The average Bonchev–Trinajstić information content (AvgIpc) is 3.66. The summed E-state index contributed by atoms with van der Waals surface area (Å²) in [6.45, 7) is 4.78. The number of methoxy groups -OCH3 is 2. The van der Waals surface area contributed by atoms with E-state index in [1.54, 1.807) is 36.0 Å². The van der Waals surface area contributed by atoms with Crippen LogP contribution in [0.15, 0.2) is 23.6 Å². The van der Waals surface area contributed by atoms with E-state index in [-0.39, 0.29) is 17.6 Å². The number of carbonyl (C=O) groups is 3. The summed E-state index contributed by atoms with van der Waals surface area (Å²) >= 11 is 5.08. The van der Waals surface area contributed by atoms with Gasteiger partial charge in [0.05, 0.1) is 31.0 Å². The van der Waals surface area contributed by atoms with Gasteiger partial charge in [-0.2, -0.15) is 0 Å². The topological polar surface area (TPSA) is 104 Å². The number of aryl methyl sites for hydroxylation is 1. The molecule has 212 valence electrons. The molecule has 5 rings (SSSR count). The van der Waals surface area contributed by atoms with Crippen LogP contribution in [0.5, 0.6) is 11.5 Å². The Kier molecular flexibility index (Phi) is 8.20. The Morgan fingerprint density at radius 1 is 1.18 bits per heavy atom. The Morgan fingerprint density at radius 3 is 2.58 bits per heavy atom. The third-order valence-electron chi connectivity index (χ3n) is 7.37. The first kappa shape index (κ1) is 28.2. The number of fused-ring (bicyclic) bond motifs is 3. The van der Waals surface area contributed by atoms with Crippen molar-refractivity contribution < 1.29 is 28.6 Å². The zero-order chi connectivity index (χ0) is 28.6. The van der Waals surface area contributed by atoms with Crippen LogP contribution in [0.25, 0.3) is 17.0 Å². The van der Waals surface area contributed by atoms with E-state index in [2.05, 4.69) is 25.8 Å². The van der Waals surface area contributed by atoms with Gasteiger partial charge in [0.15, 0.2) is 5.75 Å². The van der Waals surface area contributed by atoms with Crippen LogP contribution in [-0.4, -0.2) is 92.1 Å². The number of halogens is 1. The molecule has 12 heteroatoms. The first-order valence-electron chi connectivity index (χ1n) is 12.9. The van der Waals surface area contributed by atoms with Gasteiger partial charge in [0.1, 0.15) is 5.75 Å². The highest BCUT2D eigenvalue weighted by molar-refractivity contribution is 9.09. The van der Waals surface area contributed by atoms with Crippen molar-refractivity contribution in [3.05, 3.63) is 45.3 Å². The molecule has 1 fully saturated rings. The minimum absolute atomic E-state index is 0.0994. The standard InChI is InChI=1S/C28H31BrN4O6S/c1-16-23(27(35)38-4)25-24-17(13-29)14-33(22(34)6-5-19-11-18(37-3)15-40-19)20(24)12-21(26(25)30-16)39-28(36)32-9-7-31(2)8-10-32/h5-6,11-12,15,17,30H,7-10,13-14H2,1-4H3/b6-5+. The van der Waals surface area contributed by atoms with Gasteiger partial charge in [-0.1, -0.05) is 15.9 Å². The van der Waals surface area contributed by atoms with Crippen molar-refractivity contribution in [2.75, 3.05) is 64.2 Å². The van der Waals surface area contributed by atoms with Gasteiger partial charge in [0, 0.05) is 77.5 Å². The first-order valence-corrected chi connectivity index (χ1v) is 14.9. The third-order valence-corrected chi connectivity index (χ3v) is 9.03. The Morgan fingerprint density at radius 2 is 1.93 bits per heavy atom. The Bertz CT molecular complexity index is 1490. The van der Waals surface area contributed by atoms with E-state index in [1.165, 1.54) is 24.5 Å². The number of rotatable bonds is 6. The molecule has 10 nitrogen and oxygen atoms in total. The summed E-state index contributed by atoms with van der Waals surface area (Å²) in [6, 6.07) is 3.59. The number of ether oxygens (including phenoxy) is 3. The van der Waals surface area contributed by atoms with Crippen LogP contribution in [0.4, 0.5) is 10.5 Å². The number of hydrogen-bond acceptors (Lipinski definition) is 8. The summed E-state index contributed by atoms with van der Waals surface area (Å²) in [7, 11) is 4.95. The Labute approximate surface area is 244 Å². The molecule has 2 aromatic heterocycles. The Balaban J connectivity index is 1.59. The summed E-state index contributed by atoms with van der Waals surface area (Å²) in [5.41, 5.74) is 2.92. The van der Waals surface area contributed by atoms with Crippen LogP contribution in [0.3, 0.4) is 0 Å². The van der Waals surface area contributed by atoms with Crippen molar-refractivity contribution in [1.29, 1.82) is 0 Å². The number of thiophene rings is 1. The number of piperazine rings is 1. The predicted molar refractivity (Wildman–Crippen MR) is 158 cm³/mol. The van der Waals surface area contributed by atoms with Gasteiger partial charge in [0.2, 0.25) is 0 Å². The predicted octanol–water partition coefficient (Wildman–Crippen LogP) is 4.62. The number of H-pyrrole nitrogens is 1. The fraction of sp³-hybridized carbons (Fsp3) is 0.393. The van der Waals surface area contributed by atoms with Gasteiger partial charge >= 0.3 is 12.1 Å². The number of aromatic nitrogens is 1. The van der Waals surface area contributed by atoms with Crippen molar-refractivity contribution in [1.82, 2.24) is 14.8 Å². The second kappa shape index (κ2) is 11.6. The number of likely N-dealkylation sites (N-methyl/N-ethyl adjacent to an activating group) is 1. The highest BCUT2D eigenvalue weighted by Crippen LogP contribution is 2.47. The summed E-state index contributed by atoms with van der Waals surface area (Å²) in [6.07, 6.45) is 2.81. The number of benzene rings is 1. The number of aromatic amines is 1. The molecule has 1 N–H and O–H groups in total. The molecule has 4 heterocycles. The number of esters is 1. The number of nitrogens with one attached hydrogen (secondary N) is 1. The lowest BCUT2D eigenvalue weighted by atomic mass is 9.95. The van der Waals surface area contributed by atoms with Crippen molar-refractivity contribution in [2.45, 2.75) is 12.8 Å². The molecular formula is C28H31BrN4O6S. The SMILES string of the molecule is COC(=O)c1c(C)[nH]c2c(OC(=O)N3CCN(C)CC3)cc3c(c12)C(CBr)CN3C(=O)/C=C/c1cc(OC)cs1. The lowest BCUT2D eigenvalue weighted by molar-refractivity contribution is -0.114. The molecule has 2 aliphatic heterocycles. The lowest BCUT2D eigenvalue weighted by Gasteiger charge is -2.31. The minimum Gasteiger partial charge on any atom is -0.496 e. The van der Waals surface area contributed by atoms with Crippen LogP contribution >= 0.6 is 27.3 Å². The van der Waals surface area contributed by atoms with Gasteiger partial charge in [-0.05, 0) is 31.7 Å². The van der Waals surface area contributed by atoms with Gasteiger partial charge in [-0.25, -0.2) is 9.59 Å². The van der Waals surface area contributed by atoms with E-state index in [4.69, 9.17) is 14.2 Å². The van der Waals surface area contributed by atoms with Gasteiger partial charge < -0.3 is 33.9 Å². The average molecular weight is 632 g/mol. The first-order chi connectivity index (χ1) is 19.2. The van der Waals surface area contributed by atoms with E-state index in [1.807, 2.05) is 18.5 Å². The Hall–Kier alpha value is -3.35. The van der Waals surface area contributed by atoms with E-state index in [9.17, 15) is 14.4 Å². The molecule has 0 radical (unpaired) electrons. The normalized spacial score (nSPS) is 17.5. The number of carbonyl (C=O) groups excluding carboxylic acids is 3. The zero-order valence-electron chi connectivity index (χ0n) is 22.8. The largest absolute Gasteiger partial charge is 0.496 e. The fourth-order valence-corrected chi connectivity index (χ4v) is 6.50. The molecule has 1 atom stereocenters. The summed E-state index contributed by atoms with van der Waals surface area (Å²) in [5, 5.41) is 3.04. The van der Waals surface area contributed by atoms with E-state index < -0.39 is 12.1 Å². The van der Waals surface area contributed by atoms with E-state index in [0.717, 1.165) is 29.3 Å². The van der Waals surface area contributed by atoms with Gasteiger partial charge in [0.25, 0.3) is 5.91 Å². The molecule has 1 saturated heterocycles. The second-order valence-corrected chi connectivity index (χ2v) is 11.4. The number of hydrogen-bond donors (Lipinski definition) is 1. The van der Waals surface area contributed by atoms with Crippen molar-refractivity contribution in [3.8, 4) is 11.5 Å². The number of alkyl halides is 1. The molecule has 1 unspecified atom stereocenters. The highest BCUT2D eigenvalue weighted by Gasteiger charge is 2.37. The molecular weight excluding hydrogens is 600 g/mol. The molecule has 0 bridgehead atoms. The maximum absolute atomic E-state index is 13.5. The number of anilines is 1. The molecule has 0 aliphatic carbocycles. The van der Waals surface area contributed by atoms with Crippen LogP contribution in [0.2, 0.25) is 0 Å². The van der Waals surface area contributed by atoms with E-state index >= 15 is 0 Å². The maximum Gasteiger partial charge on any atom is 0.415 e. The van der Waals surface area contributed by atoms with Gasteiger partial charge in [-0.15, -0.1) is 11.3 Å². The lowest BCUT2D eigenvalue weighted by Crippen LogP contribution is -2.48. The maximum atomic E-state index is 13.5. The molecule has 2 aliphatic rings. The van der Waals surface area contributed by atoms with Crippen molar-refractivity contribution in [2.24, 2.45) is 0 Å². The number of amides is 2. The summed E-state index contributed by atoms with van der Waals surface area (Å²) in [4.78, 5) is 49.3. The molecule has 0 saturated carbocycles.